The van der Waals surface area contributed by atoms with Gasteiger partial charge < -0.3 is 24.4 Å². The van der Waals surface area contributed by atoms with E-state index in [9.17, 15) is 18.4 Å². The molecule has 2 aliphatic heterocycles. The number of ether oxygens (including phenoxy) is 2. The molecule has 9 heteroatoms. The summed E-state index contributed by atoms with van der Waals surface area (Å²) in [5.41, 5.74) is 5.96. The van der Waals surface area contributed by atoms with E-state index >= 15 is 0 Å². The molecule has 0 radical (unpaired) electrons. The van der Waals surface area contributed by atoms with Crippen molar-refractivity contribution in [3.8, 4) is 22.6 Å². The van der Waals surface area contributed by atoms with Gasteiger partial charge >= 0.3 is 12.1 Å². The average molecular weight is 409 g/mol. The van der Waals surface area contributed by atoms with Gasteiger partial charge in [0.2, 0.25) is 6.79 Å². The number of hydroxylamine groups is 3. The van der Waals surface area contributed by atoms with Crippen LogP contribution in [0.5, 0.6) is 11.5 Å². The van der Waals surface area contributed by atoms with Crippen LogP contribution in [-0.2, 0) is 17.6 Å². The number of aliphatic carboxylic acids is 1. The van der Waals surface area contributed by atoms with E-state index < -0.39 is 12.1 Å². The molecular weight excluding hydrogens is 391 g/mol. The van der Waals surface area contributed by atoms with Gasteiger partial charge in [0.1, 0.15) is 6.04 Å². The van der Waals surface area contributed by atoms with Crippen molar-refractivity contribution in [3.63, 3.8) is 0 Å². The summed E-state index contributed by atoms with van der Waals surface area (Å²) in [6.07, 6.45) is -3.48. The highest BCUT2D eigenvalue weighted by Crippen LogP contribution is 2.54. The fourth-order valence-electron chi connectivity index (χ4n) is 4.18. The molecule has 3 aliphatic rings. The van der Waals surface area contributed by atoms with Crippen LogP contribution in [0, 0.1) is 5.21 Å². The number of likely N-dealkylation sites (N-methyl/N-ethyl adjacent to an activating group) is 1. The Balaban J connectivity index is 0.000000255. The predicted octanol–water partition coefficient (Wildman–Crippen LogP) is 3.81. The smallest absolute Gasteiger partial charge is 0.490 e. The Morgan fingerprint density at radius 2 is 1.93 bits per heavy atom. The van der Waals surface area contributed by atoms with Gasteiger partial charge in [0.05, 0.1) is 13.6 Å². The van der Waals surface area contributed by atoms with Crippen molar-refractivity contribution in [2.24, 2.45) is 0 Å². The lowest BCUT2D eigenvalue weighted by Gasteiger charge is -2.51. The molecule has 2 aromatic rings. The summed E-state index contributed by atoms with van der Waals surface area (Å²) in [6, 6.07) is 10.4. The van der Waals surface area contributed by atoms with Crippen LogP contribution in [-0.4, -0.2) is 42.3 Å². The number of alkyl halides is 3. The lowest BCUT2D eigenvalue weighted by atomic mass is 9.76. The highest BCUT2D eigenvalue weighted by molar-refractivity contribution is 5.83. The average Bonchev–Trinajstić information content (AvgIpc) is 3.12. The van der Waals surface area contributed by atoms with E-state index in [1.54, 1.807) is 7.05 Å². The lowest BCUT2D eigenvalue weighted by molar-refractivity contribution is -0.894. The summed E-state index contributed by atoms with van der Waals surface area (Å²) in [5, 5.41) is 20.1. The van der Waals surface area contributed by atoms with Gasteiger partial charge in [-0.05, 0) is 22.8 Å². The molecule has 1 aliphatic carbocycles. The molecule has 29 heavy (non-hydrogen) atoms. The van der Waals surface area contributed by atoms with E-state index in [1.807, 2.05) is 6.07 Å². The minimum Gasteiger partial charge on any atom is -0.633 e. The Bertz CT molecular complexity index is 987. The van der Waals surface area contributed by atoms with Crippen LogP contribution in [0.4, 0.5) is 13.2 Å². The van der Waals surface area contributed by atoms with Crippen molar-refractivity contribution in [3.05, 3.63) is 52.2 Å². The Morgan fingerprint density at radius 3 is 2.62 bits per heavy atom. The van der Waals surface area contributed by atoms with E-state index in [2.05, 4.69) is 24.3 Å². The summed E-state index contributed by atoms with van der Waals surface area (Å²) < 4.78 is 42.9. The fraction of sp³-hybridized carbons (Fsp3) is 0.350. The van der Waals surface area contributed by atoms with E-state index in [1.165, 1.54) is 22.3 Å². The third kappa shape index (κ3) is 3.30. The van der Waals surface area contributed by atoms with Crippen LogP contribution in [0.15, 0.2) is 30.3 Å². The SMILES string of the molecule is C[N+]1([O-])CCc2cc3c(c4c2[C@H]1Cc1ccccc1-4)OCO3.O=C(O)C(F)(F)F. The second-order valence-corrected chi connectivity index (χ2v) is 7.39. The standard InChI is InChI=1S/C18H17NO3.C2HF3O2/c1-19(20)7-6-12-9-15-18(22-10-21-15)17-13-5-3-2-4-11(13)8-14(19)16(12)17;3-2(4,5)1(6)7/h2-5,9,14H,6-8,10H2,1H3;(H,6,7)/t14-,19?;/m1./s1. The first-order valence-corrected chi connectivity index (χ1v) is 8.99. The molecule has 5 rings (SSSR count). The number of hydrogen-bond donors (Lipinski definition) is 1. The second-order valence-electron chi connectivity index (χ2n) is 7.39. The quantitative estimate of drug-likeness (QED) is 0.529. The van der Waals surface area contributed by atoms with Gasteiger partial charge in [-0.3, -0.25) is 0 Å². The van der Waals surface area contributed by atoms with Crippen molar-refractivity contribution in [2.75, 3.05) is 20.4 Å². The zero-order chi connectivity index (χ0) is 21.0. The number of fused-ring (bicyclic) bond motifs is 4. The van der Waals surface area contributed by atoms with Crippen molar-refractivity contribution < 1.29 is 37.2 Å². The molecule has 0 aromatic heterocycles. The molecule has 0 spiro atoms. The maximum Gasteiger partial charge on any atom is 0.490 e. The van der Waals surface area contributed by atoms with Gasteiger partial charge in [0.25, 0.3) is 0 Å². The molecule has 0 bridgehead atoms. The van der Waals surface area contributed by atoms with Crippen molar-refractivity contribution in [1.82, 2.24) is 0 Å². The number of hydrogen-bond acceptors (Lipinski definition) is 4. The monoisotopic (exact) mass is 409 g/mol. The fourth-order valence-corrected chi connectivity index (χ4v) is 4.18. The summed E-state index contributed by atoms with van der Waals surface area (Å²) >= 11 is 0. The normalized spacial score (nSPS) is 23.4. The van der Waals surface area contributed by atoms with E-state index in [0.717, 1.165) is 29.9 Å². The minimum absolute atomic E-state index is 0.0388. The summed E-state index contributed by atoms with van der Waals surface area (Å²) in [4.78, 5) is 8.90. The van der Waals surface area contributed by atoms with Gasteiger partial charge in [-0.1, -0.05) is 24.3 Å². The van der Waals surface area contributed by atoms with E-state index in [0.29, 0.717) is 6.54 Å². The Kier molecular flexibility index (Phi) is 4.47. The van der Waals surface area contributed by atoms with Crippen LogP contribution in [0.25, 0.3) is 11.1 Å². The lowest BCUT2D eigenvalue weighted by Crippen LogP contribution is -2.48. The number of quaternary nitrogens is 1. The maximum absolute atomic E-state index is 13.0. The molecule has 154 valence electrons. The third-order valence-electron chi connectivity index (χ3n) is 5.55. The summed E-state index contributed by atoms with van der Waals surface area (Å²) in [6.45, 7) is 0.889. The van der Waals surface area contributed by atoms with Crippen LogP contribution < -0.4 is 9.47 Å². The zero-order valence-electron chi connectivity index (χ0n) is 15.5. The number of carboxylic acid groups (broad SMARTS) is 1. The number of nitrogens with zero attached hydrogens (tertiary/aromatic N) is 1. The van der Waals surface area contributed by atoms with Crippen molar-refractivity contribution in [2.45, 2.75) is 25.1 Å². The van der Waals surface area contributed by atoms with E-state index in [-0.39, 0.29) is 17.5 Å². The minimum atomic E-state index is -5.08. The van der Waals surface area contributed by atoms with E-state index in [4.69, 9.17) is 19.4 Å². The second kappa shape index (κ2) is 6.64. The van der Waals surface area contributed by atoms with Crippen LogP contribution in [0.2, 0.25) is 0 Å². The molecule has 0 saturated heterocycles. The Hall–Kier alpha value is -2.78. The van der Waals surface area contributed by atoms with Gasteiger partial charge in [-0.25, -0.2) is 4.79 Å². The summed E-state index contributed by atoms with van der Waals surface area (Å²) in [5.74, 6) is -1.11. The molecule has 6 nitrogen and oxygen atoms in total. The first-order chi connectivity index (χ1) is 13.6. The Labute approximate surface area is 164 Å². The molecule has 0 saturated carbocycles. The molecule has 2 atom stereocenters. The number of carboxylic acids is 1. The molecular formula is C20H18F3NO5. The predicted molar refractivity (Wildman–Crippen MR) is 96.3 cm³/mol. The van der Waals surface area contributed by atoms with Gasteiger partial charge in [0, 0.05) is 24.0 Å². The highest BCUT2D eigenvalue weighted by atomic mass is 19.4. The topological polar surface area (TPSA) is 78.8 Å². The van der Waals surface area contributed by atoms with Crippen molar-refractivity contribution in [1.29, 1.82) is 0 Å². The number of carbonyl (C=O) groups is 1. The molecule has 2 aromatic carbocycles. The number of benzene rings is 2. The van der Waals surface area contributed by atoms with Crippen LogP contribution in [0.3, 0.4) is 0 Å². The largest absolute Gasteiger partial charge is 0.633 e. The molecule has 1 N–H and O–H groups in total. The molecule has 1 unspecified atom stereocenters. The molecule has 0 amide bonds. The first-order valence-electron chi connectivity index (χ1n) is 8.99. The van der Waals surface area contributed by atoms with Crippen LogP contribution in [0.1, 0.15) is 22.7 Å². The van der Waals surface area contributed by atoms with Gasteiger partial charge in [-0.15, -0.1) is 0 Å². The Morgan fingerprint density at radius 1 is 1.24 bits per heavy atom. The first kappa shape index (κ1) is 19.5. The zero-order valence-corrected chi connectivity index (χ0v) is 15.5. The molecule has 2 heterocycles. The maximum atomic E-state index is 13.0. The van der Waals surface area contributed by atoms with Crippen LogP contribution >= 0.6 is 0 Å². The van der Waals surface area contributed by atoms with Crippen molar-refractivity contribution >= 4 is 5.97 Å². The summed E-state index contributed by atoms with van der Waals surface area (Å²) in [7, 11) is 1.80. The van der Waals surface area contributed by atoms with Gasteiger partial charge in [-0.2, -0.15) is 13.2 Å². The number of halogens is 3. The molecule has 0 fully saturated rings. The number of rotatable bonds is 0. The third-order valence-corrected chi connectivity index (χ3v) is 5.55. The highest BCUT2D eigenvalue weighted by Gasteiger charge is 2.42. The van der Waals surface area contributed by atoms with Gasteiger partial charge in [0.15, 0.2) is 11.5 Å².